The highest BCUT2D eigenvalue weighted by Gasteiger charge is 2.01. The third-order valence-electron chi connectivity index (χ3n) is 1.52. The van der Waals surface area contributed by atoms with Gasteiger partial charge in [-0.1, -0.05) is 0 Å². The second-order valence-electron chi connectivity index (χ2n) is 2.61. The summed E-state index contributed by atoms with van der Waals surface area (Å²) in [7, 11) is -0.841. The highest BCUT2D eigenvalue weighted by Crippen LogP contribution is 2.06. The van der Waals surface area contributed by atoms with Gasteiger partial charge in [0.25, 0.3) is 0 Å². The molecule has 1 atom stereocenters. The Balaban J connectivity index is 2.59. The highest BCUT2D eigenvalue weighted by atomic mass is 32.2. The number of nitrogens with zero attached hydrogens (tertiary/aromatic N) is 3. The molecular formula is C8H10N4OS. The van der Waals surface area contributed by atoms with Crippen LogP contribution in [0.25, 0.3) is 0 Å². The van der Waals surface area contributed by atoms with Gasteiger partial charge >= 0.3 is 0 Å². The summed E-state index contributed by atoms with van der Waals surface area (Å²) in [5, 5.41) is 19.0. The standard InChI is InChI=1S/C8H10N4OS/c1-14(13)5-4-10-8-7(6-9)2-3-11-12-8/h2-3H,4-5H2,1H3,(H,10,12). The predicted octanol–water partition coefficient (Wildman–Crippen LogP) is 0.139. The number of nitrogens with one attached hydrogen (secondary N) is 1. The lowest BCUT2D eigenvalue weighted by molar-refractivity contribution is 0.687. The van der Waals surface area contributed by atoms with Crippen LogP contribution in [0.1, 0.15) is 5.56 Å². The van der Waals surface area contributed by atoms with Crippen LogP contribution >= 0.6 is 0 Å². The van der Waals surface area contributed by atoms with Crippen molar-refractivity contribution >= 4 is 16.6 Å². The van der Waals surface area contributed by atoms with Crippen molar-refractivity contribution in [3.05, 3.63) is 17.8 Å². The molecule has 0 aliphatic rings. The van der Waals surface area contributed by atoms with Crippen molar-refractivity contribution in [3.63, 3.8) is 0 Å². The van der Waals surface area contributed by atoms with Crippen LogP contribution < -0.4 is 5.32 Å². The minimum absolute atomic E-state index is 0.445. The number of aromatic nitrogens is 2. The van der Waals surface area contributed by atoms with Gasteiger partial charge in [0.2, 0.25) is 0 Å². The molecule has 0 fully saturated rings. The quantitative estimate of drug-likeness (QED) is 0.764. The first kappa shape index (κ1) is 10.6. The van der Waals surface area contributed by atoms with E-state index in [9.17, 15) is 4.21 Å². The summed E-state index contributed by atoms with van der Waals surface area (Å²) in [6.07, 6.45) is 3.09. The Kier molecular flexibility index (Phi) is 4.01. The molecule has 0 saturated heterocycles. The average Bonchev–Trinajstić information content (AvgIpc) is 2.18. The summed E-state index contributed by atoms with van der Waals surface area (Å²) in [6.45, 7) is 0.524. The highest BCUT2D eigenvalue weighted by molar-refractivity contribution is 7.84. The molecule has 1 rings (SSSR count). The summed E-state index contributed by atoms with van der Waals surface area (Å²) in [4.78, 5) is 0. The SMILES string of the molecule is CS(=O)CCNc1nnccc1C#N. The van der Waals surface area contributed by atoms with Crippen LogP contribution in [0.15, 0.2) is 12.3 Å². The van der Waals surface area contributed by atoms with Crippen LogP contribution in [0.4, 0.5) is 5.82 Å². The Morgan fingerprint density at radius 3 is 3.14 bits per heavy atom. The fourth-order valence-electron chi connectivity index (χ4n) is 0.866. The van der Waals surface area contributed by atoms with Crippen molar-refractivity contribution in [1.29, 1.82) is 5.26 Å². The van der Waals surface area contributed by atoms with Crippen LogP contribution in [0.5, 0.6) is 0 Å². The molecule has 1 unspecified atom stereocenters. The van der Waals surface area contributed by atoms with Crippen LogP contribution in [0.2, 0.25) is 0 Å². The number of hydrogen-bond acceptors (Lipinski definition) is 5. The topological polar surface area (TPSA) is 78.7 Å². The van der Waals surface area contributed by atoms with Crippen molar-refractivity contribution in [3.8, 4) is 6.07 Å². The van der Waals surface area contributed by atoms with Gasteiger partial charge in [-0.05, 0) is 6.07 Å². The summed E-state index contributed by atoms with van der Waals surface area (Å²) < 4.78 is 10.8. The molecular weight excluding hydrogens is 200 g/mol. The van der Waals surface area contributed by atoms with E-state index in [1.807, 2.05) is 6.07 Å². The van der Waals surface area contributed by atoms with E-state index in [1.54, 1.807) is 12.3 Å². The number of anilines is 1. The van der Waals surface area contributed by atoms with Gasteiger partial charge in [-0.25, -0.2) is 0 Å². The lowest BCUT2D eigenvalue weighted by Crippen LogP contribution is -2.12. The monoisotopic (exact) mass is 210 g/mol. The average molecular weight is 210 g/mol. The van der Waals surface area contributed by atoms with Gasteiger partial charge in [0.15, 0.2) is 5.82 Å². The Bertz CT molecular complexity index is 374. The van der Waals surface area contributed by atoms with Crippen molar-refractivity contribution in [2.45, 2.75) is 0 Å². The van der Waals surface area contributed by atoms with Gasteiger partial charge in [-0.3, -0.25) is 4.21 Å². The lowest BCUT2D eigenvalue weighted by Gasteiger charge is -2.03. The molecule has 1 aromatic rings. The largest absolute Gasteiger partial charge is 0.367 e. The maximum atomic E-state index is 10.8. The maximum absolute atomic E-state index is 10.8. The van der Waals surface area contributed by atoms with E-state index < -0.39 is 10.8 Å². The van der Waals surface area contributed by atoms with Crippen LogP contribution in [0.3, 0.4) is 0 Å². The van der Waals surface area contributed by atoms with E-state index >= 15 is 0 Å². The zero-order chi connectivity index (χ0) is 10.4. The van der Waals surface area contributed by atoms with E-state index in [4.69, 9.17) is 5.26 Å². The zero-order valence-corrected chi connectivity index (χ0v) is 8.54. The van der Waals surface area contributed by atoms with Gasteiger partial charge in [-0.15, -0.1) is 5.10 Å². The molecule has 1 aromatic heterocycles. The number of nitriles is 1. The summed E-state index contributed by atoms with van der Waals surface area (Å²) in [5.41, 5.74) is 0.446. The Morgan fingerprint density at radius 1 is 1.71 bits per heavy atom. The minimum atomic E-state index is -0.841. The number of rotatable bonds is 4. The molecule has 0 saturated carbocycles. The van der Waals surface area contributed by atoms with Crippen LogP contribution in [-0.2, 0) is 10.8 Å². The molecule has 74 valence electrons. The Hall–Kier alpha value is -1.48. The van der Waals surface area contributed by atoms with Crippen molar-refractivity contribution in [2.75, 3.05) is 23.9 Å². The van der Waals surface area contributed by atoms with Crippen molar-refractivity contribution < 1.29 is 4.21 Å². The van der Waals surface area contributed by atoms with E-state index in [0.29, 0.717) is 23.7 Å². The lowest BCUT2D eigenvalue weighted by atomic mass is 10.3. The Morgan fingerprint density at radius 2 is 2.50 bits per heavy atom. The Labute approximate surface area is 84.6 Å². The molecule has 0 amide bonds. The summed E-state index contributed by atoms with van der Waals surface area (Å²) in [6, 6.07) is 3.57. The molecule has 1 N–H and O–H groups in total. The maximum Gasteiger partial charge on any atom is 0.166 e. The molecule has 14 heavy (non-hydrogen) atoms. The summed E-state index contributed by atoms with van der Waals surface area (Å²) in [5.74, 6) is 0.974. The molecule has 0 spiro atoms. The van der Waals surface area contributed by atoms with Crippen LogP contribution in [-0.4, -0.2) is 33.0 Å². The van der Waals surface area contributed by atoms with Gasteiger partial charge in [-0.2, -0.15) is 10.4 Å². The second kappa shape index (κ2) is 5.29. The van der Waals surface area contributed by atoms with Gasteiger partial charge in [0.1, 0.15) is 6.07 Å². The minimum Gasteiger partial charge on any atom is -0.367 e. The molecule has 0 aromatic carbocycles. The molecule has 0 aliphatic carbocycles. The molecule has 0 bridgehead atoms. The number of hydrogen-bond donors (Lipinski definition) is 1. The van der Waals surface area contributed by atoms with Gasteiger partial charge in [0, 0.05) is 29.4 Å². The molecule has 5 nitrogen and oxygen atoms in total. The van der Waals surface area contributed by atoms with E-state index in [2.05, 4.69) is 15.5 Å². The van der Waals surface area contributed by atoms with E-state index in [1.165, 1.54) is 6.20 Å². The fourth-order valence-corrected chi connectivity index (χ4v) is 1.26. The third kappa shape index (κ3) is 3.11. The van der Waals surface area contributed by atoms with Crippen molar-refractivity contribution in [2.24, 2.45) is 0 Å². The van der Waals surface area contributed by atoms with E-state index in [-0.39, 0.29) is 0 Å². The van der Waals surface area contributed by atoms with E-state index in [0.717, 1.165) is 0 Å². The zero-order valence-electron chi connectivity index (χ0n) is 7.73. The first-order valence-electron chi connectivity index (χ1n) is 3.99. The third-order valence-corrected chi connectivity index (χ3v) is 2.30. The van der Waals surface area contributed by atoms with Gasteiger partial charge < -0.3 is 5.32 Å². The van der Waals surface area contributed by atoms with Crippen LogP contribution in [0, 0.1) is 11.3 Å². The fraction of sp³-hybridized carbons (Fsp3) is 0.375. The molecule has 0 radical (unpaired) electrons. The second-order valence-corrected chi connectivity index (χ2v) is 4.16. The normalized spacial score (nSPS) is 11.7. The molecule has 6 heteroatoms. The molecule has 0 aliphatic heterocycles. The smallest absolute Gasteiger partial charge is 0.166 e. The molecule has 1 heterocycles. The van der Waals surface area contributed by atoms with Gasteiger partial charge in [0.05, 0.1) is 11.8 Å². The summed E-state index contributed by atoms with van der Waals surface area (Å²) >= 11 is 0. The first-order valence-corrected chi connectivity index (χ1v) is 5.72. The van der Waals surface area contributed by atoms with Crippen molar-refractivity contribution in [1.82, 2.24) is 10.2 Å². The predicted molar refractivity (Wildman–Crippen MR) is 54.2 cm³/mol. The first-order chi connectivity index (χ1) is 6.74.